The van der Waals surface area contributed by atoms with Crippen molar-refractivity contribution in [1.82, 2.24) is 0 Å². The molecule has 0 aliphatic rings. The molecule has 0 radical (unpaired) electrons. The van der Waals surface area contributed by atoms with Gasteiger partial charge in [-0.25, -0.2) is 0 Å². The van der Waals surface area contributed by atoms with E-state index in [0.29, 0.717) is 17.4 Å². The zero-order valence-corrected chi connectivity index (χ0v) is 17.8. The molecule has 0 bridgehead atoms. The van der Waals surface area contributed by atoms with E-state index in [-0.39, 0.29) is 12.4 Å². The van der Waals surface area contributed by atoms with E-state index in [1.165, 1.54) is 44.9 Å². The molecule has 0 aromatic heterocycles. The number of nitrogens with zero attached hydrogens (tertiary/aromatic N) is 1. The highest BCUT2D eigenvalue weighted by atomic mass is 16.5. The number of carboxylic acid groups (broad SMARTS) is 1. The van der Waals surface area contributed by atoms with Crippen molar-refractivity contribution < 1.29 is 23.9 Å². The third-order valence-electron chi connectivity index (χ3n) is 4.48. The van der Waals surface area contributed by atoms with Gasteiger partial charge in [-0.1, -0.05) is 57.4 Å². The van der Waals surface area contributed by atoms with Crippen LogP contribution in [0.25, 0.3) is 0 Å². The number of likely N-dealkylation sites (N-methyl/N-ethyl adjacent to an activating group) is 1. The molecule has 1 unspecified atom stereocenters. The predicted molar refractivity (Wildman–Crippen MR) is 108 cm³/mol. The maximum absolute atomic E-state index is 12.0. The van der Waals surface area contributed by atoms with E-state index in [4.69, 9.17) is 4.74 Å². The molecular formula is C22H41NO4. The predicted octanol–water partition coefficient (Wildman–Crippen LogP) is 3.61. The van der Waals surface area contributed by atoms with E-state index in [9.17, 15) is 14.7 Å². The first-order valence-corrected chi connectivity index (χ1v) is 10.6. The van der Waals surface area contributed by atoms with Crippen molar-refractivity contribution in [2.75, 3.05) is 27.7 Å². The van der Waals surface area contributed by atoms with Crippen molar-refractivity contribution in [3.05, 3.63) is 12.7 Å². The molecule has 0 aromatic carbocycles. The molecule has 27 heavy (non-hydrogen) atoms. The van der Waals surface area contributed by atoms with E-state index >= 15 is 0 Å². The Bertz CT molecular complexity index is 415. The first-order valence-electron chi connectivity index (χ1n) is 10.6. The standard InChI is InChI=1S/C22H41NO4/c1-5-6-7-8-9-10-11-12-13-14-15-16-17-22(26)27-20(18-21(24)25)19-23(2,3)4/h5,20H,1,6-19H2,2-4H3. The number of hydrogen-bond acceptors (Lipinski definition) is 4. The zero-order chi connectivity index (χ0) is 20.5. The molecule has 1 atom stereocenters. The second kappa shape index (κ2) is 15.7. The van der Waals surface area contributed by atoms with Crippen LogP contribution in [-0.2, 0) is 14.3 Å². The van der Waals surface area contributed by atoms with Gasteiger partial charge >= 0.3 is 5.97 Å². The van der Waals surface area contributed by atoms with Crippen molar-refractivity contribution in [2.45, 2.75) is 89.6 Å². The van der Waals surface area contributed by atoms with Gasteiger partial charge in [-0.05, 0) is 19.3 Å². The molecule has 0 saturated carbocycles. The number of allylic oxidation sites excluding steroid dienone is 1. The summed E-state index contributed by atoms with van der Waals surface area (Å²) in [5.74, 6) is -1.48. The minimum Gasteiger partial charge on any atom is -0.550 e. The number of ether oxygens (including phenoxy) is 1. The second-order valence-corrected chi connectivity index (χ2v) is 8.52. The van der Waals surface area contributed by atoms with Crippen molar-refractivity contribution in [2.24, 2.45) is 0 Å². The van der Waals surface area contributed by atoms with E-state index in [1.54, 1.807) is 0 Å². The van der Waals surface area contributed by atoms with Crippen LogP contribution < -0.4 is 5.11 Å². The smallest absolute Gasteiger partial charge is 0.306 e. The summed E-state index contributed by atoms with van der Waals surface area (Å²) in [6.07, 6.45) is 14.6. The summed E-state index contributed by atoms with van der Waals surface area (Å²) >= 11 is 0. The lowest BCUT2D eigenvalue weighted by Crippen LogP contribution is -2.45. The Balaban J connectivity index is 3.68. The molecule has 0 amide bonds. The Morgan fingerprint density at radius 3 is 1.85 bits per heavy atom. The molecule has 0 aliphatic carbocycles. The second-order valence-electron chi connectivity index (χ2n) is 8.52. The number of rotatable bonds is 18. The number of carbonyl (C=O) groups excluding carboxylic acids is 2. The third kappa shape index (κ3) is 19.2. The van der Waals surface area contributed by atoms with Crippen molar-refractivity contribution in [3.8, 4) is 0 Å². The highest BCUT2D eigenvalue weighted by Crippen LogP contribution is 2.13. The van der Waals surface area contributed by atoms with Crippen LogP contribution in [0.2, 0.25) is 0 Å². The summed E-state index contributed by atoms with van der Waals surface area (Å²) < 4.78 is 5.90. The first kappa shape index (κ1) is 25.6. The van der Waals surface area contributed by atoms with Gasteiger partial charge in [0.2, 0.25) is 0 Å². The van der Waals surface area contributed by atoms with Gasteiger partial charge in [-0.2, -0.15) is 0 Å². The summed E-state index contributed by atoms with van der Waals surface area (Å²) in [5, 5.41) is 10.8. The van der Waals surface area contributed by atoms with Crippen LogP contribution in [0, 0.1) is 0 Å². The molecule has 0 aliphatic heterocycles. The van der Waals surface area contributed by atoms with Crippen LogP contribution in [0.15, 0.2) is 12.7 Å². The molecule has 0 saturated heterocycles. The molecule has 0 aromatic rings. The summed E-state index contributed by atoms with van der Waals surface area (Å²) in [5.41, 5.74) is 0. The highest BCUT2D eigenvalue weighted by molar-refractivity contribution is 5.70. The Morgan fingerprint density at radius 2 is 1.41 bits per heavy atom. The number of unbranched alkanes of at least 4 members (excludes halogenated alkanes) is 10. The Labute approximate surface area is 166 Å². The zero-order valence-electron chi connectivity index (χ0n) is 17.8. The molecule has 0 fully saturated rings. The molecule has 0 rings (SSSR count). The van der Waals surface area contributed by atoms with Crippen LogP contribution in [0.5, 0.6) is 0 Å². The van der Waals surface area contributed by atoms with Crippen LogP contribution in [0.1, 0.15) is 83.5 Å². The normalized spacial score (nSPS) is 12.6. The van der Waals surface area contributed by atoms with E-state index in [2.05, 4.69) is 6.58 Å². The van der Waals surface area contributed by atoms with Crippen molar-refractivity contribution in [3.63, 3.8) is 0 Å². The van der Waals surface area contributed by atoms with Crippen molar-refractivity contribution in [1.29, 1.82) is 0 Å². The van der Waals surface area contributed by atoms with Crippen molar-refractivity contribution >= 4 is 11.9 Å². The maximum Gasteiger partial charge on any atom is 0.306 e. The molecule has 5 nitrogen and oxygen atoms in total. The lowest BCUT2D eigenvalue weighted by Gasteiger charge is -2.29. The Hall–Kier alpha value is -1.36. The fourth-order valence-corrected chi connectivity index (χ4v) is 3.16. The lowest BCUT2D eigenvalue weighted by atomic mass is 10.1. The number of carboxylic acids is 1. The largest absolute Gasteiger partial charge is 0.550 e. The Morgan fingerprint density at radius 1 is 0.926 bits per heavy atom. The molecule has 0 spiro atoms. The minimum atomic E-state index is -1.18. The fraction of sp³-hybridized carbons (Fsp3) is 0.818. The Kier molecular flexibility index (Phi) is 14.9. The average molecular weight is 384 g/mol. The molecule has 0 N–H and O–H groups in total. The van der Waals surface area contributed by atoms with E-state index in [0.717, 1.165) is 25.7 Å². The number of carbonyl (C=O) groups is 2. The monoisotopic (exact) mass is 383 g/mol. The van der Waals surface area contributed by atoms with Crippen LogP contribution in [0.3, 0.4) is 0 Å². The number of esters is 1. The van der Waals surface area contributed by atoms with Gasteiger partial charge in [0.1, 0.15) is 6.54 Å². The van der Waals surface area contributed by atoms with Gasteiger partial charge < -0.3 is 19.1 Å². The average Bonchev–Trinajstić information content (AvgIpc) is 2.53. The van der Waals surface area contributed by atoms with Gasteiger partial charge in [-0.3, -0.25) is 4.79 Å². The van der Waals surface area contributed by atoms with Gasteiger partial charge in [0.15, 0.2) is 6.10 Å². The third-order valence-corrected chi connectivity index (χ3v) is 4.48. The van der Waals surface area contributed by atoms with E-state index in [1.807, 2.05) is 27.2 Å². The number of hydrogen-bond donors (Lipinski definition) is 0. The summed E-state index contributed by atoms with van der Waals surface area (Å²) in [6, 6.07) is 0. The lowest BCUT2D eigenvalue weighted by molar-refractivity contribution is -0.873. The van der Waals surface area contributed by atoms with Crippen LogP contribution >= 0.6 is 0 Å². The fourth-order valence-electron chi connectivity index (χ4n) is 3.16. The molecule has 158 valence electrons. The van der Waals surface area contributed by atoms with Gasteiger partial charge in [0, 0.05) is 18.8 Å². The SMILES string of the molecule is C=CCCCCCCCCCCCCC(=O)OC(CC(=O)[O-])C[N+](C)(C)C. The number of quaternary nitrogens is 1. The van der Waals surface area contributed by atoms with Gasteiger partial charge in [-0.15, -0.1) is 6.58 Å². The summed E-state index contributed by atoms with van der Waals surface area (Å²) in [7, 11) is 5.83. The van der Waals surface area contributed by atoms with Gasteiger partial charge in [0.25, 0.3) is 0 Å². The van der Waals surface area contributed by atoms with Gasteiger partial charge in [0.05, 0.1) is 21.1 Å². The quantitative estimate of drug-likeness (QED) is 0.157. The van der Waals surface area contributed by atoms with Crippen LogP contribution in [-0.4, -0.2) is 50.2 Å². The molecule has 5 heteroatoms. The minimum absolute atomic E-state index is 0.241. The highest BCUT2D eigenvalue weighted by Gasteiger charge is 2.22. The van der Waals surface area contributed by atoms with Crippen LogP contribution in [0.4, 0.5) is 0 Å². The first-order chi connectivity index (χ1) is 12.7. The topological polar surface area (TPSA) is 66.4 Å². The van der Waals surface area contributed by atoms with E-state index < -0.39 is 12.1 Å². The summed E-state index contributed by atoms with van der Waals surface area (Å²) in [4.78, 5) is 22.8. The maximum atomic E-state index is 12.0. The molecular weight excluding hydrogens is 342 g/mol. The molecule has 0 heterocycles. The summed E-state index contributed by atoms with van der Waals surface area (Å²) in [6.45, 7) is 4.20. The number of aliphatic carboxylic acids is 1.